The van der Waals surface area contributed by atoms with Gasteiger partial charge in [0.1, 0.15) is 0 Å². The first-order chi connectivity index (χ1) is 2.91. The third kappa shape index (κ3) is 4.27. The quantitative estimate of drug-likeness (QED) is 0.234. The Morgan fingerprint density at radius 2 is 2.33 bits per heavy atom. The first kappa shape index (κ1) is 6.27. The zero-order valence-corrected chi connectivity index (χ0v) is 4.75. The number of hydrogen-bond acceptors (Lipinski definition) is 3. The smallest absolute Gasteiger partial charge is 0.0725 e. The van der Waals surface area contributed by atoms with E-state index in [1.807, 2.05) is 6.92 Å². The zero-order chi connectivity index (χ0) is 4.83. The van der Waals surface area contributed by atoms with Crippen molar-refractivity contribution in [3.05, 3.63) is 0 Å². The topological polar surface area (TPSA) is 18.5 Å². The second-order valence-corrected chi connectivity index (χ2v) is 1.59. The van der Waals surface area contributed by atoms with E-state index in [9.17, 15) is 0 Å². The van der Waals surface area contributed by atoms with E-state index in [4.69, 9.17) is 0 Å². The highest BCUT2D eigenvalue weighted by Gasteiger charge is 1.74. The first-order valence-electron chi connectivity index (χ1n) is 1.74. The van der Waals surface area contributed by atoms with Crippen LogP contribution in [0.25, 0.3) is 0 Å². The van der Waals surface area contributed by atoms with Gasteiger partial charge in [-0.1, -0.05) is 6.92 Å². The van der Waals surface area contributed by atoms with Crippen molar-refractivity contribution in [1.29, 1.82) is 0 Å². The summed E-state index contributed by atoms with van der Waals surface area (Å²) in [6, 6.07) is 0. The first-order valence-corrected chi connectivity index (χ1v) is 2.65. The van der Waals surface area contributed by atoms with Crippen LogP contribution < -0.4 is 0 Å². The summed E-state index contributed by atoms with van der Waals surface area (Å²) in [5.74, 6) is 0.924. The molecule has 0 heterocycles. The Hall–Kier alpha value is 0.270. The third-order valence-corrected chi connectivity index (χ3v) is 0.702. The van der Waals surface area contributed by atoms with E-state index in [2.05, 4.69) is 9.22 Å². The van der Waals surface area contributed by atoms with Crippen LogP contribution in [-0.4, -0.2) is 12.9 Å². The van der Waals surface area contributed by atoms with Gasteiger partial charge in [-0.15, -0.1) is 0 Å². The second kappa shape index (κ2) is 5.27. The lowest BCUT2D eigenvalue weighted by Crippen LogP contribution is -1.75. The average molecular weight is 108 g/mol. The van der Waals surface area contributed by atoms with E-state index in [1.54, 1.807) is 0 Å². The fraction of sp³-hybridized carbons (Fsp3) is 1.00. The van der Waals surface area contributed by atoms with Gasteiger partial charge in [-0.25, -0.2) is 4.89 Å². The minimum atomic E-state index is 0.924. The molecule has 0 radical (unpaired) electrons. The summed E-state index contributed by atoms with van der Waals surface area (Å²) in [7, 11) is 1.49. The summed E-state index contributed by atoms with van der Waals surface area (Å²) < 4.78 is 4.40. The lowest BCUT2D eigenvalue weighted by atomic mass is 11.0. The van der Waals surface area contributed by atoms with Crippen LogP contribution in [0.2, 0.25) is 0 Å². The fourth-order valence-electron chi connectivity index (χ4n) is 0.0962. The monoisotopic (exact) mass is 108 g/mol. The fourth-order valence-corrected chi connectivity index (χ4v) is 0.289. The Labute approximate surface area is 42.0 Å². The Bertz CT molecular complexity index is 20.8. The lowest BCUT2D eigenvalue weighted by molar-refractivity contribution is -0.160. The molecule has 0 spiro atoms. The van der Waals surface area contributed by atoms with Crippen molar-refractivity contribution < 1.29 is 9.22 Å². The molecule has 0 N–H and O–H groups in total. The summed E-state index contributed by atoms with van der Waals surface area (Å²) in [5.41, 5.74) is 0. The highest BCUT2D eigenvalue weighted by molar-refractivity contribution is 7.94. The molecule has 0 aliphatic carbocycles. The molecule has 0 aromatic carbocycles. The van der Waals surface area contributed by atoms with E-state index in [-0.39, 0.29) is 0 Å². The van der Waals surface area contributed by atoms with Gasteiger partial charge in [0.2, 0.25) is 0 Å². The van der Waals surface area contributed by atoms with Gasteiger partial charge < -0.3 is 0 Å². The van der Waals surface area contributed by atoms with Gasteiger partial charge in [-0.3, -0.25) is 0 Å². The van der Waals surface area contributed by atoms with Crippen molar-refractivity contribution in [3.63, 3.8) is 0 Å². The molecule has 0 aromatic rings. The van der Waals surface area contributed by atoms with Crippen LogP contribution >= 0.6 is 12.0 Å². The van der Waals surface area contributed by atoms with Crippen LogP contribution in [-0.2, 0) is 9.22 Å². The van der Waals surface area contributed by atoms with Crippen LogP contribution in [0.1, 0.15) is 6.92 Å². The van der Waals surface area contributed by atoms with E-state index < -0.39 is 0 Å². The normalized spacial score (nSPS) is 9.00. The largest absolute Gasteiger partial charge is 0.228 e. The molecule has 0 aliphatic rings. The molecule has 0 bridgehead atoms. The molecule has 0 rings (SSSR count). The summed E-state index contributed by atoms with van der Waals surface area (Å²) >= 11 is 1.29. The van der Waals surface area contributed by atoms with E-state index in [0.29, 0.717) is 0 Å². The van der Waals surface area contributed by atoms with Gasteiger partial charge in [0, 0.05) is 17.8 Å². The Morgan fingerprint density at radius 3 is 2.50 bits per heavy atom. The minimum Gasteiger partial charge on any atom is -0.228 e. The maximum absolute atomic E-state index is 4.40. The van der Waals surface area contributed by atoms with E-state index in [1.165, 1.54) is 19.2 Å². The molecule has 2 nitrogen and oxygen atoms in total. The van der Waals surface area contributed by atoms with Crippen LogP contribution in [0.3, 0.4) is 0 Å². The molecule has 0 aliphatic heterocycles. The van der Waals surface area contributed by atoms with Crippen molar-refractivity contribution in [2.24, 2.45) is 0 Å². The summed E-state index contributed by atoms with van der Waals surface area (Å²) in [6.07, 6.45) is 0. The van der Waals surface area contributed by atoms with Crippen LogP contribution in [0.15, 0.2) is 0 Å². The maximum atomic E-state index is 4.40. The van der Waals surface area contributed by atoms with Gasteiger partial charge in [0.25, 0.3) is 0 Å². The Kier molecular flexibility index (Phi) is 5.51. The van der Waals surface area contributed by atoms with Crippen molar-refractivity contribution in [2.45, 2.75) is 6.92 Å². The van der Waals surface area contributed by atoms with Crippen molar-refractivity contribution >= 4 is 12.0 Å². The van der Waals surface area contributed by atoms with Crippen molar-refractivity contribution in [1.82, 2.24) is 0 Å². The Morgan fingerprint density at radius 1 is 1.67 bits per heavy atom. The maximum Gasteiger partial charge on any atom is 0.0725 e. The van der Waals surface area contributed by atoms with Gasteiger partial charge in [-0.2, -0.15) is 4.33 Å². The summed E-state index contributed by atoms with van der Waals surface area (Å²) in [5, 5.41) is 0. The predicted molar refractivity (Wildman–Crippen MR) is 26.2 cm³/mol. The molecule has 0 aromatic heterocycles. The standard InChI is InChI=1S/C3H8O2S/c1-3-6-5-4-2/h3H2,1-2H3. The van der Waals surface area contributed by atoms with E-state index >= 15 is 0 Å². The van der Waals surface area contributed by atoms with Crippen LogP contribution in [0, 0.1) is 0 Å². The highest BCUT2D eigenvalue weighted by Crippen LogP contribution is 1.97. The molecule has 0 saturated heterocycles. The summed E-state index contributed by atoms with van der Waals surface area (Å²) in [4.78, 5) is 4.25. The van der Waals surface area contributed by atoms with Gasteiger partial charge in [-0.05, 0) is 0 Å². The summed E-state index contributed by atoms with van der Waals surface area (Å²) in [6.45, 7) is 1.99. The highest BCUT2D eigenvalue weighted by atomic mass is 32.2. The molecule has 3 heteroatoms. The SMILES string of the molecule is CCSOOC. The third-order valence-electron chi connectivity index (χ3n) is 0.234. The Balaban J connectivity index is 2.34. The van der Waals surface area contributed by atoms with Crippen molar-refractivity contribution in [3.8, 4) is 0 Å². The van der Waals surface area contributed by atoms with Gasteiger partial charge >= 0.3 is 0 Å². The zero-order valence-electron chi connectivity index (χ0n) is 3.93. The van der Waals surface area contributed by atoms with Gasteiger partial charge in [0.15, 0.2) is 0 Å². The number of rotatable bonds is 3. The van der Waals surface area contributed by atoms with E-state index in [0.717, 1.165) is 5.75 Å². The molecule has 0 amide bonds. The average Bonchev–Trinajstić information content (AvgIpc) is 1.61. The second-order valence-electron chi connectivity index (χ2n) is 0.641. The predicted octanol–water partition coefficient (Wildman–Crippen LogP) is 1.23. The van der Waals surface area contributed by atoms with Crippen LogP contribution in [0.5, 0.6) is 0 Å². The molecule has 38 valence electrons. The van der Waals surface area contributed by atoms with Crippen molar-refractivity contribution in [2.75, 3.05) is 12.9 Å². The molecule has 0 unspecified atom stereocenters. The number of hydrogen-bond donors (Lipinski definition) is 0. The minimum absolute atomic E-state index is 0.924. The molecular weight excluding hydrogens is 100 g/mol. The van der Waals surface area contributed by atoms with Gasteiger partial charge in [0.05, 0.1) is 7.11 Å². The lowest BCUT2D eigenvalue weighted by Gasteiger charge is -1.88. The molecule has 0 saturated carbocycles. The molecule has 0 atom stereocenters. The molecular formula is C3H8O2S. The molecule has 0 fully saturated rings. The molecule has 6 heavy (non-hydrogen) atoms. The van der Waals surface area contributed by atoms with Crippen LogP contribution in [0.4, 0.5) is 0 Å².